The molecule has 3 N–H and O–H groups in total. The molecule has 1 aromatic rings. The highest BCUT2D eigenvalue weighted by atomic mass is 16.2. The molecule has 2 rings (SSSR count). The predicted octanol–water partition coefficient (Wildman–Crippen LogP) is 2.13. The van der Waals surface area contributed by atoms with Crippen LogP contribution in [0.25, 0.3) is 0 Å². The van der Waals surface area contributed by atoms with Crippen molar-refractivity contribution in [2.75, 3.05) is 18.4 Å². The number of H-pyrrole nitrogens is 1. The van der Waals surface area contributed by atoms with Crippen molar-refractivity contribution in [1.82, 2.24) is 15.5 Å². The van der Waals surface area contributed by atoms with Crippen LogP contribution in [-0.4, -0.2) is 29.2 Å². The van der Waals surface area contributed by atoms with Crippen LogP contribution in [0.2, 0.25) is 0 Å². The van der Waals surface area contributed by atoms with Gasteiger partial charge in [0.15, 0.2) is 0 Å². The molecule has 1 fully saturated rings. The van der Waals surface area contributed by atoms with E-state index in [0.717, 1.165) is 55.8 Å². The Morgan fingerprint density at radius 1 is 1.37 bits per heavy atom. The molecule has 1 saturated heterocycles. The maximum absolute atomic E-state index is 12.7. The maximum atomic E-state index is 12.7. The molecule has 0 spiro atoms. The van der Waals surface area contributed by atoms with Gasteiger partial charge >= 0.3 is 0 Å². The average Bonchev–Trinajstić information content (AvgIpc) is 2.72. The van der Waals surface area contributed by atoms with Crippen LogP contribution in [0.3, 0.4) is 0 Å². The van der Waals surface area contributed by atoms with Gasteiger partial charge in [0, 0.05) is 0 Å². The summed E-state index contributed by atoms with van der Waals surface area (Å²) in [6.07, 6.45) is 3.83. The highest BCUT2D eigenvalue weighted by Gasteiger charge is 2.38. The SMILES string of the molecule is CCCC1(C(=O)Nc2c(C)n[nH]c2C)CCNCC1. The lowest BCUT2D eigenvalue weighted by Gasteiger charge is -2.36. The van der Waals surface area contributed by atoms with Gasteiger partial charge in [0.2, 0.25) is 5.91 Å². The molecule has 5 nitrogen and oxygen atoms in total. The first-order valence-electron chi connectivity index (χ1n) is 7.13. The highest BCUT2D eigenvalue weighted by Crippen LogP contribution is 2.35. The van der Waals surface area contributed by atoms with Crippen LogP contribution in [0.15, 0.2) is 0 Å². The fourth-order valence-corrected chi connectivity index (χ4v) is 2.96. The Morgan fingerprint density at radius 3 is 2.58 bits per heavy atom. The molecule has 106 valence electrons. The molecule has 1 aliphatic heterocycles. The number of amides is 1. The van der Waals surface area contributed by atoms with E-state index in [9.17, 15) is 4.79 Å². The van der Waals surface area contributed by atoms with Gasteiger partial charge in [-0.2, -0.15) is 5.10 Å². The van der Waals surface area contributed by atoms with Crippen LogP contribution in [0.5, 0.6) is 0 Å². The lowest BCUT2D eigenvalue weighted by atomic mass is 9.74. The quantitative estimate of drug-likeness (QED) is 0.780. The summed E-state index contributed by atoms with van der Waals surface area (Å²) in [7, 11) is 0. The van der Waals surface area contributed by atoms with Gasteiger partial charge in [0.25, 0.3) is 0 Å². The number of hydrogen-bond acceptors (Lipinski definition) is 3. The van der Waals surface area contributed by atoms with E-state index in [1.165, 1.54) is 0 Å². The summed E-state index contributed by atoms with van der Waals surface area (Å²) in [4.78, 5) is 12.7. The van der Waals surface area contributed by atoms with E-state index in [1.54, 1.807) is 0 Å². The topological polar surface area (TPSA) is 69.8 Å². The van der Waals surface area contributed by atoms with Gasteiger partial charge in [-0.25, -0.2) is 0 Å². The number of aromatic nitrogens is 2. The summed E-state index contributed by atoms with van der Waals surface area (Å²) >= 11 is 0. The van der Waals surface area contributed by atoms with Crippen LogP contribution in [0, 0.1) is 19.3 Å². The first kappa shape index (κ1) is 14.1. The number of hydrogen-bond donors (Lipinski definition) is 3. The Labute approximate surface area is 114 Å². The van der Waals surface area contributed by atoms with Crippen molar-refractivity contribution in [1.29, 1.82) is 0 Å². The number of carbonyl (C=O) groups is 1. The Bertz CT molecular complexity index is 421. The van der Waals surface area contributed by atoms with Crippen molar-refractivity contribution in [3.63, 3.8) is 0 Å². The largest absolute Gasteiger partial charge is 0.322 e. The average molecular weight is 264 g/mol. The third-order valence-electron chi connectivity index (χ3n) is 4.14. The third kappa shape index (κ3) is 2.81. The van der Waals surface area contributed by atoms with Crippen molar-refractivity contribution in [3.05, 3.63) is 11.4 Å². The number of carbonyl (C=O) groups excluding carboxylic acids is 1. The molecule has 0 aliphatic carbocycles. The Morgan fingerprint density at radius 2 is 2.05 bits per heavy atom. The Kier molecular flexibility index (Phi) is 4.24. The van der Waals surface area contributed by atoms with E-state index < -0.39 is 0 Å². The van der Waals surface area contributed by atoms with E-state index in [2.05, 4.69) is 27.8 Å². The summed E-state index contributed by atoms with van der Waals surface area (Å²) in [5.41, 5.74) is 2.41. The van der Waals surface area contributed by atoms with Gasteiger partial charge < -0.3 is 10.6 Å². The van der Waals surface area contributed by atoms with Crippen LogP contribution in [0.1, 0.15) is 44.0 Å². The minimum absolute atomic E-state index is 0.156. The number of aromatic amines is 1. The monoisotopic (exact) mass is 264 g/mol. The second-order valence-electron chi connectivity index (χ2n) is 5.54. The molecule has 5 heteroatoms. The fourth-order valence-electron chi connectivity index (χ4n) is 2.96. The molecule has 19 heavy (non-hydrogen) atoms. The van der Waals surface area contributed by atoms with Crippen molar-refractivity contribution < 1.29 is 4.79 Å². The maximum Gasteiger partial charge on any atom is 0.230 e. The minimum atomic E-state index is -0.212. The smallest absolute Gasteiger partial charge is 0.230 e. The second kappa shape index (κ2) is 5.74. The zero-order chi connectivity index (χ0) is 13.9. The summed E-state index contributed by atoms with van der Waals surface area (Å²) < 4.78 is 0. The van der Waals surface area contributed by atoms with Gasteiger partial charge in [-0.1, -0.05) is 13.3 Å². The number of nitrogens with zero attached hydrogens (tertiary/aromatic N) is 1. The van der Waals surface area contributed by atoms with E-state index in [4.69, 9.17) is 0 Å². The zero-order valence-corrected chi connectivity index (χ0v) is 12.1. The summed E-state index contributed by atoms with van der Waals surface area (Å²) in [6.45, 7) is 7.84. The molecule has 0 radical (unpaired) electrons. The molecule has 0 atom stereocenters. The van der Waals surface area contributed by atoms with Gasteiger partial charge in [0.1, 0.15) is 0 Å². The molecule has 0 bridgehead atoms. The van der Waals surface area contributed by atoms with Crippen molar-refractivity contribution in [2.24, 2.45) is 5.41 Å². The first-order chi connectivity index (χ1) is 9.09. The van der Waals surface area contributed by atoms with Gasteiger partial charge in [-0.15, -0.1) is 0 Å². The standard InChI is InChI=1S/C14H24N4O/c1-4-5-14(6-8-15-9-7-14)13(19)16-12-10(2)17-18-11(12)3/h15H,4-9H2,1-3H3,(H,16,19)(H,17,18). The van der Waals surface area contributed by atoms with Crippen LogP contribution in [-0.2, 0) is 4.79 Å². The number of nitrogens with one attached hydrogen (secondary N) is 3. The number of piperidine rings is 1. The van der Waals surface area contributed by atoms with Crippen molar-refractivity contribution >= 4 is 11.6 Å². The molecular weight excluding hydrogens is 240 g/mol. The first-order valence-corrected chi connectivity index (χ1v) is 7.13. The van der Waals surface area contributed by atoms with Crippen LogP contribution < -0.4 is 10.6 Å². The van der Waals surface area contributed by atoms with Gasteiger partial charge in [0.05, 0.1) is 22.5 Å². The second-order valence-corrected chi connectivity index (χ2v) is 5.54. The summed E-state index contributed by atoms with van der Waals surface area (Å²) in [5.74, 6) is 0.156. The van der Waals surface area contributed by atoms with Crippen molar-refractivity contribution in [3.8, 4) is 0 Å². The Balaban J connectivity index is 2.16. The van der Waals surface area contributed by atoms with E-state index in [0.29, 0.717) is 0 Å². The molecule has 1 aliphatic rings. The normalized spacial score (nSPS) is 18.3. The van der Waals surface area contributed by atoms with Crippen LogP contribution >= 0.6 is 0 Å². The lowest BCUT2D eigenvalue weighted by Crippen LogP contribution is -2.45. The molecule has 1 aromatic heterocycles. The van der Waals surface area contributed by atoms with E-state index in [1.807, 2.05) is 13.8 Å². The Hall–Kier alpha value is -1.36. The fraction of sp³-hybridized carbons (Fsp3) is 0.714. The summed E-state index contributed by atoms with van der Waals surface area (Å²) in [5, 5.41) is 13.5. The predicted molar refractivity (Wildman–Crippen MR) is 76.1 cm³/mol. The number of anilines is 1. The third-order valence-corrected chi connectivity index (χ3v) is 4.14. The van der Waals surface area contributed by atoms with Gasteiger partial charge in [-0.3, -0.25) is 9.89 Å². The zero-order valence-electron chi connectivity index (χ0n) is 12.1. The minimum Gasteiger partial charge on any atom is -0.322 e. The van der Waals surface area contributed by atoms with Crippen molar-refractivity contribution in [2.45, 2.75) is 46.5 Å². The highest BCUT2D eigenvalue weighted by molar-refractivity contribution is 5.96. The molecular formula is C14H24N4O. The lowest BCUT2D eigenvalue weighted by molar-refractivity contribution is -0.127. The van der Waals surface area contributed by atoms with Crippen LogP contribution in [0.4, 0.5) is 5.69 Å². The molecule has 1 amide bonds. The van der Waals surface area contributed by atoms with E-state index >= 15 is 0 Å². The molecule has 2 heterocycles. The number of rotatable bonds is 4. The summed E-state index contributed by atoms with van der Waals surface area (Å²) in [6, 6.07) is 0. The molecule has 0 aromatic carbocycles. The molecule has 0 saturated carbocycles. The molecule has 0 unspecified atom stereocenters. The van der Waals surface area contributed by atoms with Gasteiger partial charge in [-0.05, 0) is 46.2 Å². The number of aryl methyl sites for hydroxylation is 2. The van der Waals surface area contributed by atoms with E-state index in [-0.39, 0.29) is 11.3 Å².